The van der Waals surface area contributed by atoms with Gasteiger partial charge in [-0.2, -0.15) is 0 Å². The van der Waals surface area contributed by atoms with E-state index in [0.29, 0.717) is 24.5 Å². The number of carboxylic acids is 1. The predicted molar refractivity (Wildman–Crippen MR) is 84.6 cm³/mol. The maximum atomic E-state index is 12.0. The predicted octanol–water partition coefficient (Wildman–Crippen LogP) is 2.38. The van der Waals surface area contributed by atoms with Crippen molar-refractivity contribution in [1.82, 2.24) is 5.32 Å². The molecule has 0 unspecified atom stereocenters. The lowest BCUT2D eigenvalue weighted by molar-refractivity contribution is -0.140. The average Bonchev–Trinajstić information content (AvgIpc) is 3.33. The number of carboxylic acid groups (broad SMARTS) is 1. The van der Waals surface area contributed by atoms with Crippen molar-refractivity contribution < 1.29 is 24.2 Å². The molecule has 6 nitrogen and oxygen atoms in total. The van der Waals surface area contributed by atoms with E-state index >= 15 is 0 Å². The molecule has 3 atom stereocenters. The van der Waals surface area contributed by atoms with Crippen molar-refractivity contribution in [2.75, 3.05) is 13.7 Å². The number of aliphatic carboxylic acids is 1. The van der Waals surface area contributed by atoms with Crippen LogP contribution in [0.4, 0.5) is 0 Å². The molecule has 1 saturated carbocycles. The second-order valence-electron chi connectivity index (χ2n) is 5.78. The highest BCUT2D eigenvalue weighted by molar-refractivity contribution is 5.89. The van der Waals surface area contributed by atoms with E-state index in [1.165, 1.54) is 0 Å². The van der Waals surface area contributed by atoms with Gasteiger partial charge in [-0.25, -0.2) is 0 Å². The number of carbonyl (C=O) groups excluding carboxylic acids is 1. The number of methoxy groups -OCH3 is 1. The fourth-order valence-corrected chi connectivity index (χ4v) is 2.45. The van der Waals surface area contributed by atoms with E-state index in [0.717, 1.165) is 12.0 Å². The van der Waals surface area contributed by atoms with Gasteiger partial charge in [-0.15, -0.1) is 0 Å². The Morgan fingerprint density at radius 3 is 2.65 bits per heavy atom. The van der Waals surface area contributed by atoms with Crippen LogP contribution in [0.15, 0.2) is 18.2 Å². The van der Waals surface area contributed by atoms with E-state index in [2.05, 4.69) is 5.32 Å². The Morgan fingerprint density at radius 2 is 2.09 bits per heavy atom. The van der Waals surface area contributed by atoms with Crippen LogP contribution in [0.2, 0.25) is 0 Å². The number of amides is 1. The van der Waals surface area contributed by atoms with Gasteiger partial charge in [0.2, 0.25) is 5.91 Å². The van der Waals surface area contributed by atoms with Gasteiger partial charge in [0.25, 0.3) is 0 Å². The molecule has 0 bridgehead atoms. The van der Waals surface area contributed by atoms with E-state index < -0.39 is 17.8 Å². The maximum Gasteiger partial charge on any atom is 0.307 e. The van der Waals surface area contributed by atoms with Crippen LogP contribution in [0.3, 0.4) is 0 Å². The number of hydrogen-bond acceptors (Lipinski definition) is 4. The number of carbonyl (C=O) groups is 2. The Hall–Kier alpha value is -2.24. The summed E-state index contributed by atoms with van der Waals surface area (Å²) in [7, 11) is 1.57. The third-order valence-electron chi connectivity index (χ3n) is 3.95. The summed E-state index contributed by atoms with van der Waals surface area (Å²) < 4.78 is 10.9. The fraction of sp³-hybridized carbons (Fsp3) is 0.529. The topological polar surface area (TPSA) is 84.9 Å². The lowest BCUT2D eigenvalue weighted by Crippen LogP contribution is -2.29. The number of hydrogen-bond donors (Lipinski definition) is 2. The summed E-state index contributed by atoms with van der Waals surface area (Å²) in [5.41, 5.74) is 0.881. The molecule has 23 heavy (non-hydrogen) atoms. The van der Waals surface area contributed by atoms with Gasteiger partial charge in [-0.1, -0.05) is 13.0 Å². The van der Waals surface area contributed by atoms with Crippen LogP contribution >= 0.6 is 0 Å². The first-order valence-corrected chi connectivity index (χ1v) is 7.81. The van der Waals surface area contributed by atoms with E-state index in [1.807, 2.05) is 32.0 Å². The quantitative estimate of drug-likeness (QED) is 0.768. The van der Waals surface area contributed by atoms with Gasteiger partial charge >= 0.3 is 5.97 Å². The van der Waals surface area contributed by atoms with Crippen LogP contribution in [-0.4, -0.2) is 30.7 Å². The van der Waals surface area contributed by atoms with Crippen molar-refractivity contribution >= 4 is 11.9 Å². The molecule has 1 amide bonds. The Morgan fingerprint density at radius 1 is 1.35 bits per heavy atom. The molecular formula is C17H23NO5. The Labute approximate surface area is 135 Å². The number of rotatable bonds is 8. The summed E-state index contributed by atoms with van der Waals surface area (Å²) in [6, 6.07) is 5.30. The molecular weight excluding hydrogens is 298 g/mol. The minimum atomic E-state index is -0.906. The Bertz CT molecular complexity index is 586. The van der Waals surface area contributed by atoms with Crippen molar-refractivity contribution in [3.63, 3.8) is 0 Å². The van der Waals surface area contributed by atoms with Crippen LogP contribution < -0.4 is 14.8 Å². The molecule has 1 aliphatic carbocycles. The summed E-state index contributed by atoms with van der Waals surface area (Å²) in [4.78, 5) is 22.9. The van der Waals surface area contributed by atoms with E-state index in [1.54, 1.807) is 7.11 Å². The largest absolute Gasteiger partial charge is 0.493 e. The molecule has 1 aromatic carbocycles. The lowest BCUT2D eigenvalue weighted by atomic mass is 10.1. The summed E-state index contributed by atoms with van der Waals surface area (Å²) in [6.07, 6.45) is 1.32. The third-order valence-corrected chi connectivity index (χ3v) is 3.95. The highest BCUT2D eigenvalue weighted by atomic mass is 16.5. The zero-order chi connectivity index (χ0) is 17.0. The highest BCUT2D eigenvalue weighted by Gasteiger charge is 2.48. The Balaban J connectivity index is 2.00. The first-order valence-electron chi connectivity index (χ1n) is 7.81. The molecule has 0 aromatic heterocycles. The van der Waals surface area contributed by atoms with Gasteiger partial charge in [0.05, 0.1) is 31.6 Å². The van der Waals surface area contributed by atoms with Crippen molar-refractivity contribution in [1.29, 1.82) is 0 Å². The van der Waals surface area contributed by atoms with Gasteiger partial charge in [0.1, 0.15) is 0 Å². The number of ether oxygens (including phenoxy) is 2. The van der Waals surface area contributed by atoms with Gasteiger partial charge in [0, 0.05) is 0 Å². The molecule has 2 N–H and O–H groups in total. The SMILES string of the molecule is CCCOc1ccc([C@H](C)NC(=O)[C@@H]2C[C@@H]2C(=O)O)cc1OC. The molecule has 126 valence electrons. The smallest absolute Gasteiger partial charge is 0.307 e. The lowest BCUT2D eigenvalue weighted by Gasteiger charge is -2.17. The number of nitrogens with one attached hydrogen (secondary N) is 1. The fourth-order valence-electron chi connectivity index (χ4n) is 2.45. The summed E-state index contributed by atoms with van der Waals surface area (Å²) in [5, 5.41) is 11.7. The maximum absolute atomic E-state index is 12.0. The molecule has 0 heterocycles. The van der Waals surface area contributed by atoms with Crippen LogP contribution in [0, 0.1) is 11.8 Å². The molecule has 1 aromatic rings. The van der Waals surface area contributed by atoms with Crippen molar-refractivity contribution in [3.05, 3.63) is 23.8 Å². The third kappa shape index (κ3) is 4.15. The van der Waals surface area contributed by atoms with Gasteiger partial charge in [-0.05, 0) is 37.5 Å². The first-order chi connectivity index (χ1) is 11.0. The van der Waals surface area contributed by atoms with E-state index in [9.17, 15) is 9.59 Å². The summed E-state index contributed by atoms with van der Waals surface area (Å²) >= 11 is 0. The van der Waals surface area contributed by atoms with Gasteiger partial charge < -0.3 is 19.9 Å². The van der Waals surface area contributed by atoms with Crippen molar-refractivity contribution in [3.8, 4) is 11.5 Å². The van der Waals surface area contributed by atoms with E-state index in [-0.39, 0.29) is 11.9 Å². The van der Waals surface area contributed by atoms with Crippen molar-refractivity contribution in [2.24, 2.45) is 11.8 Å². The van der Waals surface area contributed by atoms with E-state index in [4.69, 9.17) is 14.6 Å². The highest BCUT2D eigenvalue weighted by Crippen LogP contribution is 2.39. The monoisotopic (exact) mass is 321 g/mol. The minimum absolute atomic E-state index is 0.213. The summed E-state index contributed by atoms with van der Waals surface area (Å²) in [5.74, 6) is -0.783. The van der Waals surface area contributed by atoms with Gasteiger partial charge in [-0.3, -0.25) is 9.59 Å². The standard InChI is InChI=1S/C17H23NO5/c1-4-7-23-14-6-5-11(8-15(14)22-3)10(2)18-16(19)12-9-13(12)17(20)21/h5-6,8,10,12-13H,4,7,9H2,1-3H3,(H,18,19)(H,20,21)/t10-,12+,13-/m0/s1. The molecule has 2 rings (SSSR count). The van der Waals surface area contributed by atoms with Gasteiger partial charge in [0.15, 0.2) is 11.5 Å². The first kappa shape index (κ1) is 17.1. The second-order valence-corrected chi connectivity index (χ2v) is 5.78. The zero-order valence-corrected chi connectivity index (χ0v) is 13.7. The molecule has 0 aliphatic heterocycles. The molecule has 1 aliphatic rings. The molecule has 0 saturated heterocycles. The number of benzene rings is 1. The van der Waals surface area contributed by atoms with Crippen LogP contribution in [-0.2, 0) is 9.59 Å². The molecule has 0 spiro atoms. The van der Waals surface area contributed by atoms with Crippen LogP contribution in [0.25, 0.3) is 0 Å². The Kier molecular flexibility index (Phi) is 5.47. The zero-order valence-electron chi connectivity index (χ0n) is 13.7. The molecule has 1 fully saturated rings. The van der Waals surface area contributed by atoms with Crippen molar-refractivity contribution in [2.45, 2.75) is 32.7 Å². The second kappa shape index (κ2) is 7.35. The van der Waals surface area contributed by atoms with Crippen LogP contribution in [0.5, 0.6) is 11.5 Å². The molecule has 6 heteroatoms. The minimum Gasteiger partial charge on any atom is -0.493 e. The molecule has 0 radical (unpaired) electrons. The normalized spacial score (nSPS) is 20.5. The van der Waals surface area contributed by atoms with Crippen LogP contribution in [0.1, 0.15) is 38.3 Å². The average molecular weight is 321 g/mol. The summed E-state index contributed by atoms with van der Waals surface area (Å²) in [6.45, 7) is 4.50.